The summed E-state index contributed by atoms with van der Waals surface area (Å²) >= 11 is 0. The Kier molecular flexibility index (Phi) is 4.46. The van der Waals surface area contributed by atoms with Crippen LogP contribution in [0.1, 0.15) is 39.2 Å². The highest BCUT2D eigenvalue weighted by atomic mass is 16.5. The smallest absolute Gasteiger partial charge is 0.162 e. The number of nitrogens with zero attached hydrogens (tertiary/aromatic N) is 2. The highest BCUT2D eigenvalue weighted by Gasteiger charge is 2.24. The Labute approximate surface area is 104 Å². The Balaban J connectivity index is 3.13. The largest absolute Gasteiger partial charge is 0.373 e. The number of aromatic nitrogens is 2. The Morgan fingerprint density at radius 2 is 2.00 bits per heavy atom. The summed E-state index contributed by atoms with van der Waals surface area (Å²) < 4.78 is 5.43. The van der Waals surface area contributed by atoms with Gasteiger partial charge in [0.2, 0.25) is 0 Å². The van der Waals surface area contributed by atoms with Crippen LogP contribution >= 0.6 is 0 Å². The number of hydrogen-bond donors (Lipinski definition) is 1. The fourth-order valence-electron chi connectivity index (χ4n) is 1.51. The molecular weight excluding hydrogens is 214 g/mol. The Morgan fingerprint density at radius 3 is 2.47 bits per heavy atom. The summed E-state index contributed by atoms with van der Waals surface area (Å²) in [7, 11) is 3.54. The van der Waals surface area contributed by atoms with Crippen molar-refractivity contribution in [2.24, 2.45) is 5.92 Å². The van der Waals surface area contributed by atoms with E-state index < -0.39 is 5.60 Å². The topological polar surface area (TPSA) is 47.0 Å². The first-order valence-corrected chi connectivity index (χ1v) is 6.00. The van der Waals surface area contributed by atoms with Crippen molar-refractivity contribution in [1.82, 2.24) is 9.97 Å². The van der Waals surface area contributed by atoms with Crippen LogP contribution in [0.15, 0.2) is 6.07 Å². The van der Waals surface area contributed by atoms with Crippen molar-refractivity contribution in [3.63, 3.8) is 0 Å². The quantitative estimate of drug-likeness (QED) is 0.855. The van der Waals surface area contributed by atoms with Crippen LogP contribution in [-0.2, 0) is 16.8 Å². The van der Waals surface area contributed by atoms with Crippen LogP contribution < -0.4 is 5.32 Å². The summed E-state index contributed by atoms with van der Waals surface area (Å²) in [5.41, 5.74) is 0.595. The van der Waals surface area contributed by atoms with Crippen LogP contribution in [0.25, 0.3) is 0 Å². The van der Waals surface area contributed by atoms with Gasteiger partial charge in [-0.15, -0.1) is 0 Å². The number of methoxy groups -OCH3 is 1. The predicted molar refractivity (Wildman–Crippen MR) is 70.2 cm³/mol. The zero-order chi connectivity index (χ0) is 13.1. The van der Waals surface area contributed by atoms with E-state index in [0.717, 1.165) is 23.8 Å². The lowest BCUT2D eigenvalue weighted by molar-refractivity contribution is 0.0114. The molecule has 0 atom stereocenters. The maximum atomic E-state index is 5.43. The predicted octanol–water partition coefficient (Wildman–Crippen LogP) is 2.60. The molecule has 0 aliphatic heterocycles. The van der Waals surface area contributed by atoms with Crippen LogP contribution in [0.4, 0.5) is 5.82 Å². The minimum absolute atomic E-state index is 0.460. The van der Waals surface area contributed by atoms with E-state index in [9.17, 15) is 0 Å². The molecular formula is C13H23N3O. The molecule has 1 aromatic heterocycles. The Morgan fingerprint density at radius 1 is 1.35 bits per heavy atom. The lowest BCUT2D eigenvalue weighted by atomic mass is 10.1. The van der Waals surface area contributed by atoms with Crippen molar-refractivity contribution < 1.29 is 4.74 Å². The van der Waals surface area contributed by atoms with E-state index in [4.69, 9.17) is 4.74 Å². The number of nitrogens with one attached hydrogen (secondary N) is 1. The molecule has 0 aliphatic carbocycles. The van der Waals surface area contributed by atoms with Gasteiger partial charge in [-0.2, -0.15) is 0 Å². The van der Waals surface area contributed by atoms with Gasteiger partial charge in [-0.3, -0.25) is 0 Å². The molecule has 0 radical (unpaired) electrons. The molecule has 0 bridgehead atoms. The monoisotopic (exact) mass is 237 g/mol. The van der Waals surface area contributed by atoms with E-state index in [2.05, 4.69) is 29.1 Å². The average Bonchev–Trinajstić information content (AvgIpc) is 2.27. The molecule has 4 heteroatoms. The summed E-state index contributed by atoms with van der Waals surface area (Å²) in [5.74, 6) is 2.14. The van der Waals surface area contributed by atoms with Gasteiger partial charge in [-0.05, 0) is 26.2 Å². The molecule has 0 fully saturated rings. The Hall–Kier alpha value is -1.16. The third-order valence-corrected chi connectivity index (χ3v) is 2.70. The van der Waals surface area contributed by atoms with Gasteiger partial charge in [0.05, 0.1) is 0 Å². The van der Waals surface area contributed by atoms with Crippen molar-refractivity contribution in [1.29, 1.82) is 0 Å². The van der Waals surface area contributed by atoms with Crippen LogP contribution in [0, 0.1) is 5.92 Å². The van der Waals surface area contributed by atoms with Crippen molar-refractivity contribution in [3.05, 3.63) is 17.6 Å². The SMILES string of the molecule is CNc1cc(CC(C)C)nc(C(C)(C)OC)n1. The van der Waals surface area contributed by atoms with Crippen molar-refractivity contribution >= 4 is 5.82 Å². The fourth-order valence-corrected chi connectivity index (χ4v) is 1.51. The van der Waals surface area contributed by atoms with Crippen molar-refractivity contribution in [2.75, 3.05) is 19.5 Å². The number of hydrogen-bond acceptors (Lipinski definition) is 4. The third kappa shape index (κ3) is 3.66. The van der Waals surface area contributed by atoms with Gasteiger partial charge in [-0.25, -0.2) is 9.97 Å². The summed E-state index contributed by atoms with van der Waals surface area (Å²) in [5, 5.41) is 3.07. The van der Waals surface area contributed by atoms with E-state index >= 15 is 0 Å². The fraction of sp³-hybridized carbons (Fsp3) is 0.692. The highest BCUT2D eigenvalue weighted by molar-refractivity contribution is 5.36. The second-order valence-electron chi connectivity index (χ2n) is 5.13. The van der Waals surface area contributed by atoms with Gasteiger partial charge < -0.3 is 10.1 Å². The summed E-state index contributed by atoms with van der Waals surface area (Å²) in [6.07, 6.45) is 0.948. The van der Waals surface area contributed by atoms with E-state index in [1.165, 1.54) is 0 Å². The standard InChI is InChI=1S/C13H23N3O/c1-9(2)7-10-8-11(14-5)16-12(15-10)13(3,4)17-6/h8-9H,7H2,1-6H3,(H,14,15,16). The van der Waals surface area contributed by atoms with E-state index in [1.54, 1.807) is 7.11 Å². The molecule has 1 N–H and O–H groups in total. The molecule has 0 spiro atoms. The maximum Gasteiger partial charge on any atom is 0.162 e. The van der Waals surface area contributed by atoms with Crippen LogP contribution in [0.3, 0.4) is 0 Å². The normalized spacial score (nSPS) is 11.9. The minimum atomic E-state index is -0.460. The van der Waals surface area contributed by atoms with Crippen molar-refractivity contribution in [2.45, 2.75) is 39.7 Å². The van der Waals surface area contributed by atoms with Crippen LogP contribution in [0.2, 0.25) is 0 Å². The van der Waals surface area contributed by atoms with Gasteiger partial charge in [0.25, 0.3) is 0 Å². The summed E-state index contributed by atoms with van der Waals surface area (Å²) in [4.78, 5) is 9.04. The molecule has 4 nitrogen and oxygen atoms in total. The number of anilines is 1. The first-order chi connectivity index (χ1) is 7.89. The zero-order valence-electron chi connectivity index (χ0n) is 11.7. The first kappa shape index (κ1) is 13.9. The van der Waals surface area contributed by atoms with E-state index in [1.807, 2.05) is 27.0 Å². The number of ether oxygens (including phenoxy) is 1. The molecule has 17 heavy (non-hydrogen) atoms. The lowest BCUT2D eigenvalue weighted by Crippen LogP contribution is -2.24. The van der Waals surface area contributed by atoms with Gasteiger partial charge in [0, 0.05) is 25.9 Å². The first-order valence-electron chi connectivity index (χ1n) is 6.00. The zero-order valence-corrected chi connectivity index (χ0v) is 11.7. The second kappa shape index (κ2) is 5.45. The molecule has 1 heterocycles. The lowest BCUT2D eigenvalue weighted by Gasteiger charge is -2.22. The molecule has 0 amide bonds. The molecule has 0 aliphatic rings. The van der Waals surface area contributed by atoms with Crippen molar-refractivity contribution in [3.8, 4) is 0 Å². The molecule has 0 unspecified atom stereocenters. The molecule has 0 saturated carbocycles. The van der Waals surface area contributed by atoms with Crippen LogP contribution in [-0.4, -0.2) is 24.1 Å². The molecule has 1 aromatic rings. The molecule has 0 aromatic carbocycles. The molecule has 0 saturated heterocycles. The van der Waals surface area contributed by atoms with Gasteiger partial charge in [0.15, 0.2) is 5.82 Å². The molecule has 1 rings (SSSR count). The third-order valence-electron chi connectivity index (χ3n) is 2.70. The van der Waals surface area contributed by atoms with E-state index in [0.29, 0.717) is 5.92 Å². The minimum Gasteiger partial charge on any atom is -0.373 e. The number of rotatable bonds is 5. The average molecular weight is 237 g/mol. The van der Waals surface area contributed by atoms with Gasteiger partial charge in [0.1, 0.15) is 11.4 Å². The van der Waals surface area contributed by atoms with Gasteiger partial charge in [-0.1, -0.05) is 13.8 Å². The van der Waals surface area contributed by atoms with E-state index in [-0.39, 0.29) is 0 Å². The molecule has 96 valence electrons. The van der Waals surface area contributed by atoms with Crippen LogP contribution in [0.5, 0.6) is 0 Å². The summed E-state index contributed by atoms with van der Waals surface area (Å²) in [6, 6.07) is 2.00. The maximum absolute atomic E-state index is 5.43. The summed E-state index contributed by atoms with van der Waals surface area (Å²) in [6.45, 7) is 8.31. The highest BCUT2D eigenvalue weighted by Crippen LogP contribution is 2.22. The second-order valence-corrected chi connectivity index (χ2v) is 5.13. The Bertz CT molecular complexity index is 375. The van der Waals surface area contributed by atoms with Gasteiger partial charge >= 0.3 is 0 Å².